The van der Waals surface area contributed by atoms with Crippen LogP contribution in [0.3, 0.4) is 0 Å². The van der Waals surface area contributed by atoms with Crippen LogP contribution in [0.4, 0.5) is 17.1 Å². The zero-order chi connectivity index (χ0) is 16.6. The van der Waals surface area contributed by atoms with E-state index in [1.54, 1.807) is 43.5 Å². The third-order valence-electron chi connectivity index (χ3n) is 3.56. The highest BCUT2D eigenvalue weighted by Gasteiger charge is 2.24. The molecule has 0 atom stereocenters. The van der Waals surface area contributed by atoms with Crippen molar-refractivity contribution in [3.8, 4) is 0 Å². The molecule has 2 aromatic rings. The Morgan fingerprint density at radius 1 is 1.26 bits per heavy atom. The second kappa shape index (κ2) is 5.73. The number of amides is 1. The van der Waals surface area contributed by atoms with E-state index >= 15 is 0 Å². The molecule has 1 amide bonds. The van der Waals surface area contributed by atoms with E-state index in [9.17, 15) is 14.9 Å². The SMILES string of the molecule is CNc1ccc(/C=C2/C(=O)Nc3cc(Cl)ccc32)cc1[N+](=O)[O-]. The van der Waals surface area contributed by atoms with Gasteiger partial charge in [-0.05, 0) is 29.8 Å². The molecule has 0 saturated carbocycles. The summed E-state index contributed by atoms with van der Waals surface area (Å²) in [5.41, 5.74) is 2.75. The fourth-order valence-corrected chi connectivity index (χ4v) is 2.65. The molecular formula is C16H12ClN3O3. The first-order chi connectivity index (χ1) is 11.0. The van der Waals surface area contributed by atoms with Crippen molar-refractivity contribution in [2.75, 3.05) is 17.7 Å². The number of nitrogens with one attached hydrogen (secondary N) is 2. The maximum atomic E-state index is 12.1. The zero-order valence-corrected chi connectivity index (χ0v) is 12.8. The number of halogens is 1. The van der Waals surface area contributed by atoms with Crippen molar-refractivity contribution in [2.45, 2.75) is 0 Å². The molecule has 23 heavy (non-hydrogen) atoms. The third kappa shape index (κ3) is 2.76. The van der Waals surface area contributed by atoms with Crippen LogP contribution in [0.15, 0.2) is 36.4 Å². The Labute approximate surface area is 136 Å². The maximum absolute atomic E-state index is 12.1. The summed E-state index contributed by atoms with van der Waals surface area (Å²) in [6.07, 6.45) is 1.63. The first-order valence-corrected chi connectivity index (χ1v) is 7.16. The average molecular weight is 330 g/mol. The van der Waals surface area contributed by atoms with Crippen molar-refractivity contribution in [1.29, 1.82) is 0 Å². The lowest BCUT2D eigenvalue weighted by Crippen LogP contribution is -2.03. The number of rotatable bonds is 3. The molecule has 0 saturated heterocycles. The van der Waals surface area contributed by atoms with E-state index in [2.05, 4.69) is 10.6 Å². The zero-order valence-electron chi connectivity index (χ0n) is 12.1. The second-order valence-corrected chi connectivity index (χ2v) is 5.42. The molecule has 2 N–H and O–H groups in total. The van der Waals surface area contributed by atoms with Gasteiger partial charge in [-0.25, -0.2) is 0 Å². The minimum Gasteiger partial charge on any atom is -0.383 e. The van der Waals surface area contributed by atoms with Gasteiger partial charge in [-0.3, -0.25) is 14.9 Å². The molecular weight excluding hydrogens is 318 g/mol. The van der Waals surface area contributed by atoms with Crippen LogP contribution in [0.1, 0.15) is 11.1 Å². The number of carbonyl (C=O) groups excluding carboxylic acids is 1. The number of nitro benzene ring substituents is 1. The molecule has 0 bridgehead atoms. The molecule has 6 nitrogen and oxygen atoms in total. The van der Waals surface area contributed by atoms with Gasteiger partial charge in [-0.2, -0.15) is 0 Å². The molecule has 1 heterocycles. The van der Waals surface area contributed by atoms with Gasteiger partial charge in [-0.1, -0.05) is 23.7 Å². The lowest BCUT2D eigenvalue weighted by Gasteiger charge is -2.04. The van der Waals surface area contributed by atoms with Crippen LogP contribution in [-0.2, 0) is 4.79 Å². The smallest absolute Gasteiger partial charge is 0.292 e. The molecule has 0 spiro atoms. The Hall–Kier alpha value is -2.86. The molecule has 1 aliphatic heterocycles. The molecule has 116 valence electrons. The summed E-state index contributed by atoms with van der Waals surface area (Å²) in [4.78, 5) is 22.8. The van der Waals surface area contributed by atoms with Gasteiger partial charge in [0.2, 0.25) is 0 Å². The van der Waals surface area contributed by atoms with Crippen molar-refractivity contribution in [3.05, 3.63) is 62.7 Å². The topological polar surface area (TPSA) is 84.3 Å². The first kappa shape index (κ1) is 15.1. The van der Waals surface area contributed by atoms with Crippen LogP contribution in [0.25, 0.3) is 11.6 Å². The van der Waals surface area contributed by atoms with Crippen LogP contribution in [0, 0.1) is 10.1 Å². The molecule has 0 aliphatic carbocycles. The second-order valence-electron chi connectivity index (χ2n) is 4.99. The summed E-state index contributed by atoms with van der Waals surface area (Å²) in [6, 6.07) is 9.87. The van der Waals surface area contributed by atoms with Gasteiger partial charge in [0, 0.05) is 29.3 Å². The normalized spacial score (nSPS) is 14.5. The Morgan fingerprint density at radius 2 is 2.04 bits per heavy atom. The van der Waals surface area contributed by atoms with Crippen LogP contribution in [0.2, 0.25) is 5.02 Å². The van der Waals surface area contributed by atoms with Crippen molar-refractivity contribution in [3.63, 3.8) is 0 Å². The van der Waals surface area contributed by atoms with E-state index in [1.807, 2.05) is 0 Å². The summed E-state index contributed by atoms with van der Waals surface area (Å²) < 4.78 is 0. The van der Waals surface area contributed by atoms with Crippen molar-refractivity contribution >= 4 is 46.2 Å². The fourth-order valence-electron chi connectivity index (χ4n) is 2.48. The van der Waals surface area contributed by atoms with Gasteiger partial charge in [0.15, 0.2) is 0 Å². The van der Waals surface area contributed by atoms with Gasteiger partial charge in [-0.15, -0.1) is 0 Å². The van der Waals surface area contributed by atoms with E-state index in [4.69, 9.17) is 11.6 Å². The molecule has 2 aromatic carbocycles. The first-order valence-electron chi connectivity index (χ1n) is 6.79. The molecule has 0 unspecified atom stereocenters. The number of anilines is 2. The highest BCUT2D eigenvalue weighted by Crippen LogP contribution is 2.35. The highest BCUT2D eigenvalue weighted by atomic mass is 35.5. The summed E-state index contributed by atoms with van der Waals surface area (Å²) in [6.45, 7) is 0. The molecule has 1 aliphatic rings. The molecule has 0 aromatic heterocycles. The number of hydrogen-bond donors (Lipinski definition) is 2. The Kier molecular flexibility index (Phi) is 3.75. The predicted molar refractivity (Wildman–Crippen MR) is 90.6 cm³/mol. The Bertz CT molecular complexity index is 862. The minimum atomic E-state index is -0.462. The van der Waals surface area contributed by atoms with Crippen LogP contribution in [0.5, 0.6) is 0 Å². The molecule has 7 heteroatoms. The fraction of sp³-hybridized carbons (Fsp3) is 0.0625. The summed E-state index contributed by atoms with van der Waals surface area (Å²) >= 11 is 5.92. The van der Waals surface area contributed by atoms with E-state index in [0.29, 0.717) is 27.5 Å². The summed E-state index contributed by atoms with van der Waals surface area (Å²) in [5, 5.41) is 17.2. The third-order valence-corrected chi connectivity index (χ3v) is 3.80. The molecule has 0 fully saturated rings. The van der Waals surface area contributed by atoms with Gasteiger partial charge in [0.25, 0.3) is 11.6 Å². The van der Waals surface area contributed by atoms with E-state index in [0.717, 1.165) is 5.56 Å². The Balaban J connectivity index is 2.08. The number of hydrogen-bond acceptors (Lipinski definition) is 4. The van der Waals surface area contributed by atoms with Crippen molar-refractivity contribution in [1.82, 2.24) is 0 Å². The van der Waals surface area contributed by atoms with Gasteiger partial charge in [0.1, 0.15) is 5.69 Å². The standard InChI is InChI=1S/C16H12ClN3O3/c1-18-13-5-2-9(7-15(13)20(22)23)6-12-11-4-3-10(17)8-14(11)19-16(12)21/h2-8,18H,1H3,(H,19,21)/b12-6+. The van der Waals surface area contributed by atoms with E-state index in [1.165, 1.54) is 6.07 Å². The maximum Gasteiger partial charge on any atom is 0.292 e. The van der Waals surface area contributed by atoms with E-state index in [-0.39, 0.29) is 11.6 Å². The minimum absolute atomic E-state index is 0.0448. The number of nitrogens with zero attached hydrogens (tertiary/aromatic N) is 1. The molecule has 3 rings (SSSR count). The summed E-state index contributed by atoms with van der Waals surface area (Å²) in [5.74, 6) is -0.261. The highest BCUT2D eigenvalue weighted by molar-refractivity contribution is 6.36. The number of benzene rings is 2. The van der Waals surface area contributed by atoms with Crippen LogP contribution in [-0.4, -0.2) is 17.9 Å². The van der Waals surface area contributed by atoms with Crippen LogP contribution < -0.4 is 10.6 Å². The van der Waals surface area contributed by atoms with Crippen LogP contribution >= 0.6 is 11.6 Å². The van der Waals surface area contributed by atoms with Crippen molar-refractivity contribution in [2.24, 2.45) is 0 Å². The van der Waals surface area contributed by atoms with E-state index < -0.39 is 4.92 Å². The summed E-state index contributed by atoms with van der Waals surface area (Å²) in [7, 11) is 1.62. The Morgan fingerprint density at radius 3 is 2.74 bits per heavy atom. The quantitative estimate of drug-likeness (QED) is 0.510. The van der Waals surface area contributed by atoms with Gasteiger partial charge in [0.05, 0.1) is 10.6 Å². The largest absolute Gasteiger partial charge is 0.383 e. The number of nitro groups is 1. The lowest BCUT2D eigenvalue weighted by molar-refractivity contribution is -0.383. The molecule has 0 radical (unpaired) electrons. The average Bonchev–Trinajstić information content (AvgIpc) is 2.82. The number of fused-ring (bicyclic) bond motifs is 1. The monoisotopic (exact) mass is 329 g/mol. The van der Waals surface area contributed by atoms with Crippen molar-refractivity contribution < 1.29 is 9.72 Å². The predicted octanol–water partition coefficient (Wildman–Crippen LogP) is 3.78. The van der Waals surface area contributed by atoms with Gasteiger partial charge < -0.3 is 10.6 Å². The number of carbonyl (C=O) groups is 1. The van der Waals surface area contributed by atoms with Gasteiger partial charge >= 0.3 is 0 Å². The lowest BCUT2D eigenvalue weighted by atomic mass is 10.0.